The third-order valence-corrected chi connectivity index (χ3v) is 4.38. The number of hydrogen-bond donors (Lipinski definition) is 2. The summed E-state index contributed by atoms with van der Waals surface area (Å²) in [5.41, 5.74) is 5.63. The number of hydrogen-bond acceptors (Lipinski definition) is 7. The standard InChI is InChI=1S/C9H14N4O3S/c1-16-7-8(10)11-5-12-9(7)13-6-2-3-17(14,15)4-6/h5-6H,2-4H2,1H3,(H3,10,11,12,13). The molecule has 2 heterocycles. The van der Waals surface area contributed by atoms with E-state index in [-0.39, 0.29) is 23.4 Å². The SMILES string of the molecule is COc1c(N)ncnc1NC1CCS(=O)(=O)C1. The van der Waals surface area contributed by atoms with E-state index in [0.717, 1.165) is 0 Å². The first-order chi connectivity index (χ1) is 8.02. The molecule has 0 radical (unpaired) electrons. The maximum atomic E-state index is 11.3. The summed E-state index contributed by atoms with van der Waals surface area (Å²) in [5.74, 6) is 1.32. The van der Waals surface area contributed by atoms with E-state index in [2.05, 4.69) is 15.3 Å². The minimum atomic E-state index is -2.92. The second-order valence-electron chi connectivity index (χ2n) is 3.89. The van der Waals surface area contributed by atoms with Crippen LogP contribution in [0.4, 0.5) is 11.6 Å². The molecule has 0 spiro atoms. The molecule has 8 heteroatoms. The van der Waals surface area contributed by atoms with Gasteiger partial charge in [0.1, 0.15) is 6.33 Å². The third-order valence-electron chi connectivity index (χ3n) is 2.61. The predicted octanol–water partition coefficient (Wildman–Crippen LogP) is -0.334. The van der Waals surface area contributed by atoms with E-state index in [1.165, 1.54) is 13.4 Å². The maximum Gasteiger partial charge on any atom is 0.203 e. The van der Waals surface area contributed by atoms with Gasteiger partial charge in [0.2, 0.25) is 5.75 Å². The normalized spacial score (nSPS) is 22.3. The summed E-state index contributed by atoms with van der Waals surface area (Å²) in [6.07, 6.45) is 1.87. The molecule has 0 amide bonds. The van der Waals surface area contributed by atoms with Crippen molar-refractivity contribution in [3.05, 3.63) is 6.33 Å². The minimum Gasteiger partial charge on any atom is -0.490 e. The van der Waals surface area contributed by atoms with E-state index < -0.39 is 9.84 Å². The number of nitrogens with two attached hydrogens (primary N) is 1. The summed E-state index contributed by atoms with van der Waals surface area (Å²) in [5, 5.41) is 3.02. The number of nitrogen functional groups attached to an aromatic ring is 1. The molecular weight excluding hydrogens is 244 g/mol. The zero-order chi connectivity index (χ0) is 12.5. The Kier molecular flexibility index (Phi) is 3.05. The molecule has 1 unspecified atom stereocenters. The fourth-order valence-corrected chi connectivity index (χ4v) is 3.47. The van der Waals surface area contributed by atoms with E-state index >= 15 is 0 Å². The predicted molar refractivity (Wildman–Crippen MR) is 63.7 cm³/mol. The van der Waals surface area contributed by atoms with Gasteiger partial charge in [0.15, 0.2) is 21.5 Å². The number of nitrogens with zero attached hydrogens (tertiary/aromatic N) is 2. The smallest absolute Gasteiger partial charge is 0.203 e. The van der Waals surface area contributed by atoms with Gasteiger partial charge in [0, 0.05) is 6.04 Å². The van der Waals surface area contributed by atoms with Crippen LogP contribution in [-0.2, 0) is 9.84 Å². The highest BCUT2D eigenvalue weighted by molar-refractivity contribution is 7.91. The topological polar surface area (TPSA) is 107 Å². The Hall–Kier alpha value is -1.57. The minimum absolute atomic E-state index is 0.111. The molecule has 1 aromatic rings. The van der Waals surface area contributed by atoms with Crippen LogP contribution in [0.5, 0.6) is 5.75 Å². The quantitative estimate of drug-likeness (QED) is 0.764. The van der Waals surface area contributed by atoms with Gasteiger partial charge in [-0.2, -0.15) is 0 Å². The number of sulfone groups is 1. The van der Waals surface area contributed by atoms with Gasteiger partial charge in [0.05, 0.1) is 18.6 Å². The van der Waals surface area contributed by atoms with Gasteiger partial charge in [0.25, 0.3) is 0 Å². The molecule has 94 valence electrons. The average Bonchev–Trinajstić information content (AvgIpc) is 2.58. The van der Waals surface area contributed by atoms with Crippen molar-refractivity contribution in [3.63, 3.8) is 0 Å². The van der Waals surface area contributed by atoms with Gasteiger partial charge in [-0.3, -0.25) is 0 Å². The Bertz CT molecular complexity index is 517. The molecule has 1 aliphatic rings. The Morgan fingerprint density at radius 3 is 2.88 bits per heavy atom. The fraction of sp³-hybridized carbons (Fsp3) is 0.556. The molecular formula is C9H14N4O3S. The van der Waals surface area contributed by atoms with Crippen molar-refractivity contribution in [2.24, 2.45) is 0 Å². The summed E-state index contributed by atoms with van der Waals surface area (Å²) >= 11 is 0. The van der Waals surface area contributed by atoms with Crippen molar-refractivity contribution in [2.75, 3.05) is 29.7 Å². The first kappa shape index (κ1) is 11.9. The Labute approximate surface area is 99.3 Å². The van der Waals surface area contributed by atoms with Gasteiger partial charge in [-0.1, -0.05) is 0 Å². The van der Waals surface area contributed by atoms with Crippen LogP contribution in [0, 0.1) is 0 Å². The summed E-state index contributed by atoms with van der Waals surface area (Å²) in [7, 11) is -1.46. The van der Waals surface area contributed by atoms with Crippen LogP contribution >= 0.6 is 0 Å². The lowest BCUT2D eigenvalue weighted by molar-refractivity contribution is 0.415. The number of anilines is 2. The lowest BCUT2D eigenvalue weighted by Crippen LogP contribution is -2.22. The highest BCUT2D eigenvalue weighted by Gasteiger charge is 2.28. The summed E-state index contributed by atoms with van der Waals surface area (Å²) in [6.45, 7) is 0. The van der Waals surface area contributed by atoms with Crippen LogP contribution < -0.4 is 15.8 Å². The zero-order valence-corrected chi connectivity index (χ0v) is 10.2. The van der Waals surface area contributed by atoms with E-state index in [4.69, 9.17) is 10.5 Å². The molecule has 1 saturated heterocycles. The first-order valence-corrected chi connectivity index (χ1v) is 6.95. The monoisotopic (exact) mass is 258 g/mol. The van der Waals surface area contributed by atoms with Crippen LogP contribution in [0.2, 0.25) is 0 Å². The van der Waals surface area contributed by atoms with Crippen molar-refractivity contribution < 1.29 is 13.2 Å². The van der Waals surface area contributed by atoms with Crippen molar-refractivity contribution in [2.45, 2.75) is 12.5 Å². The van der Waals surface area contributed by atoms with Crippen molar-refractivity contribution in [1.29, 1.82) is 0 Å². The molecule has 3 N–H and O–H groups in total. The lowest BCUT2D eigenvalue weighted by Gasteiger charge is -2.14. The van der Waals surface area contributed by atoms with E-state index in [9.17, 15) is 8.42 Å². The highest BCUT2D eigenvalue weighted by Crippen LogP contribution is 2.28. The number of rotatable bonds is 3. The van der Waals surface area contributed by atoms with Crippen molar-refractivity contribution >= 4 is 21.5 Å². The zero-order valence-electron chi connectivity index (χ0n) is 9.38. The van der Waals surface area contributed by atoms with Crippen LogP contribution in [0.3, 0.4) is 0 Å². The van der Waals surface area contributed by atoms with Gasteiger partial charge < -0.3 is 15.8 Å². The number of ether oxygens (including phenoxy) is 1. The molecule has 0 aliphatic carbocycles. The third kappa shape index (κ3) is 2.57. The Morgan fingerprint density at radius 1 is 1.53 bits per heavy atom. The average molecular weight is 258 g/mol. The molecule has 1 aromatic heterocycles. The molecule has 0 saturated carbocycles. The summed E-state index contributed by atoms with van der Waals surface area (Å²) in [4.78, 5) is 7.80. The number of aromatic nitrogens is 2. The fourth-order valence-electron chi connectivity index (χ4n) is 1.79. The van der Waals surface area contributed by atoms with Crippen LogP contribution in [0.15, 0.2) is 6.33 Å². The van der Waals surface area contributed by atoms with Gasteiger partial charge in [-0.15, -0.1) is 0 Å². The Morgan fingerprint density at radius 2 is 2.29 bits per heavy atom. The van der Waals surface area contributed by atoms with Gasteiger partial charge in [-0.25, -0.2) is 18.4 Å². The van der Waals surface area contributed by atoms with E-state index in [0.29, 0.717) is 18.0 Å². The molecule has 7 nitrogen and oxygen atoms in total. The second-order valence-corrected chi connectivity index (χ2v) is 6.11. The highest BCUT2D eigenvalue weighted by atomic mass is 32.2. The molecule has 1 atom stereocenters. The first-order valence-electron chi connectivity index (χ1n) is 5.13. The number of methoxy groups -OCH3 is 1. The lowest BCUT2D eigenvalue weighted by atomic mass is 10.2. The van der Waals surface area contributed by atoms with Gasteiger partial charge >= 0.3 is 0 Å². The molecule has 1 aliphatic heterocycles. The summed E-state index contributed by atoms with van der Waals surface area (Å²) < 4.78 is 27.7. The van der Waals surface area contributed by atoms with Crippen LogP contribution in [0.25, 0.3) is 0 Å². The molecule has 1 fully saturated rings. The van der Waals surface area contributed by atoms with E-state index in [1.54, 1.807) is 0 Å². The molecule has 2 rings (SSSR count). The largest absolute Gasteiger partial charge is 0.490 e. The maximum absolute atomic E-state index is 11.3. The molecule has 17 heavy (non-hydrogen) atoms. The number of nitrogens with one attached hydrogen (secondary N) is 1. The van der Waals surface area contributed by atoms with Crippen LogP contribution in [-0.4, -0.2) is 43.0 Å². The van der Waals surface area contributed by atoms with E-state index in [1.807, 2.05) is 0 Å². The Balaban J connectivity index is 2.17. The van der Waals surface area contributed by atoms with Crippen molar-refractivity contribution in [1.82, 2.24) is 9.97 Å². The van der Waals surface area contributed by atoms with Crippen molar-refractivity contribution in [3.8, 4) is 5.75 Å². The second kappa shape index (κ2) is 4.36. The molecule has 0 bridgehead atoms. The molecule has 0 aromatic carbocycles. The van der Waals surface area contributed by atoms with Gasteiger partial charge in [-0.05, 0) is 6.42 Å². The summed E-state index contributed by atoms with van der Waals surface area (Å²) in [6, 6.07) is -0.150. The van der Waals surface area contributed by atoms with Crippen LogP contribution in [0.1, 0.15) is 6.42 Å².